The predicted octanol–water partition coefficient (Wildman–Crippen LogP) is 2.85. The van der Waals surface area contributed by atoms with Crippen LogP contribution in [-0.2, 0) is 16.4 Å². The molecule has 1 heterocycles. The van der Waals surface area contributed by atoms with Gasteiger partial charge in [0, 0.05) is 24.8 Å². The summed E-state index contributed by atoms with van der Waals surface area (Å²) in [6, 6.07) is 5.56. The van der Waals surface area contributed by atoms with Gasteiger partial charge in [0.1, 0.15) is 0 Å². The summed E-state index contributed by atoms with van der Waals surface area (Å²) in [7, 11) is -3.41. The SMILES string of the molecule is CCC(C)N(CC)S(=O)(=O)c1cccc2c1CCCN2. The molecule has 1 aromatic rings. The van der Waals surface area contributed by atoms with Crippen molar-refractivity contribution in [3.63, 3.8) is 0 Å². The molecule has 1 aromatic carbocycles. The molecule has 5 heteroatoms. The first-order chi connectivity index (χ1) is 9.52. The molecule has 1 unspecified atom stereocenters. The quantitative estimate of drug-likeness (QED) is 0.909. The highest BCUT2D eigenvalue weighted by molar-refractivity contribution is 7.89. The fraction of sp³-hybridized carbons (Fsp3) is 0.600. The van der Waals surface area contributed by atoms with Crippen molar-refractivity contribution in [3.8, 4) is 0 Å². The van der Waals surface area contributed by atoms with Gasteiger partial charge in [-0.2, -0.15) is 4.31 Å². The molecule has 0 aliphatic carbocycles. The number of nitrogens with one attached hydrogen (secondary N) is 1. The molecule has 0 radical (unpaired) electrons. The lowest BCUT2D eigenvalue weighted by atomic mass is 10.0. The Morgan fingerprint density at radius 2 is 2.10 bits per heavy atom. The molecule has 1 aliphatic heterocycles. The van der Waals surface area contributed by atoms with Crippen LogP contribution in [0.2, 0.25) is 0 Å². The van der Waals surface area contributed by atoms with Crippen molar-refractivity contribution in [1.29, 1.82) is 0 Å². The van der Waals surface area contributed by atoms with Crippen LogP contribution in [0.4, 0.5) is 5.69 Å². The molecule has 112 valence electrons. The van der Waals surface area contributed by atoms with Crippen LogP contribution in [0, 0.1) is 0 Å². The maximum absolute atomic E-state index is 12.9. The Balaban J connectivity index is 2.49. The largest absolute Gasteiger partial charge is 0.385 e. The van der Waals surface area contributed by atoms with E-state index >= 15 is 0 Å². The van der Waals surface area contributed by atoms with E-state index < -0.39 is 10.0 Å². The van der Waals surface area contributed by atoms with E-state index in [1.165, 1.54) is 0 Å². The summed E-state index contributed by atoms with van der Waals surface area (Å²) in [6.07, 6.45) is 2.63. The third-order valence-electron chi connectivity index (χ3n) is 4.03. The van der Waals surface area contributed by atoms with Crippen molar-refractivity contribution in [1.82, 2.24) is 4.31 Å². The highest BCUT2D eigenvalue weighted by atomic mass is 32.2. The highest BCUT2D eigenvalue weighted by Crippen LogP contribution is 2.31. The van der Waals surface area contributed by atoms with E-state index in [1.54, 1.807) is 10.4 Å². The lowest BCUT2D eigenvalue weighted by Gasteiger charge is -2.29. The molecule has 0 amide bonds. The van der Waals surface area contributed by atoms with E-state index in [2.05, 4.69) is 5.32 Å². The Labute approximate surface area is 122 Å². The Morgan fingerprint density at radius 3 is 2.75 bits per heavy atom. The summed E-state index contributed by atoms with van der Waals surface area (Å²) < 4.78 is 27.5. The second-order valence-electron chi connectivity index (χ2n) is 5.28. The number of nitrogens with zero attached hydrogens (tertiary/aromatic N) is 1. The fourth-order valence-electron chi connectivity index (χ4n) is 2.77. The van der Waals surface area contributed by atoms with Gasteiger partial charge >= 0.3 is 0 Å². The zero-order valence-corrected chi connectivity index (χ0v) is 13.3. The van der Waals surface area contributed by atoms with Crippen molar-refractivity contribution >= 4 is 15.7 Å². The minimum Gasteiger partial charge on any atom is -0.385 e. The average Bonchev–Trinajstić information content (AvgIpc) is 2.46. The Hall–Kier alpha value is -1.07. The summed E-state index contributed by atoms with van der Waals surface area (Å²) >= 11 is 0. The van der Waals surface area contributed by atoms with Crippen LogP contribution in [0.1, 0.15) is 39.2 Å². The summed E-state index contributed by atoms with van der Waals surface area (Å²) in [5, 5.41) is 3.29. The van der Waals surface area contributed by atoms with Crippen LogP contribution < -0.4 is 5.32 Å². The molecule has 1 aliphatic rings. The highest BCUT2D eigenvalue weighted by Gasteiger charge is 2.30. The molecule has 0 saturated heterocycles. The first-order valence-electron chi connectivity index (χ1n) is 7.40. The topological polar surface area (TPSA) is 49.4 Å². The molecular weight excluding hydrogens is 272 g/mol. The smallest absolute Gasteiger partial charge is 0.243 e. The minimum atomic E-state index is -3.41. The number of sulfonamides is 1. The van der Waals surface area contributed by atoms with Crippen LogP contribution in [0.3, 0.4) is 0 Å². The van der Waals surface area contributed by atoms with Crippen molar-refractivity contribution in [2.45, 2.75) is 51.0 Å². The molecule has 1 N–H and O–H groups in total. The minimum absolute atomic E-state index is 0.0254. The number of hydrogen-bond donors (Lipinski definition) is 1. The molecule has 4 nitrogen and oxygen atoms in total. The van der Waals surface area contributed by atoms with E-state index in [9.17, 15) is 8.42 Å². The van der Waals surface area contributed by atoms with Crippen LogP contribution in [0.25, 0.3) is 0 Å². The zero-order valence-electron chi connectivity index (χ0n) is 12.5. The van der Waals surface area contributed by atoms with Gasteiger partial charge < -0.3 is 5.32 Å². The number of benzene rings is 1. The third-order valence-corrected chi connectivity index (χ3v) is 6.21. The van der Waals surface area contributed by atoms with E-state index in [0.29, 0.717) is 11.4 Å². The average molecular weight is 296 g/mol. The van der Waals surface area contributed by atoms with E-state index in [4.69, 9.17) is 0 Å². The Bertz CT molecular complexity index is 569. The van der Waals surface area contributed by atoms with Crippen molar-refractivity contribution in [2.75, 3.05) is 18.4 Å². The van der Waals surface area contributed by atoms with Crippen LogP contribution in [0.5, 0.6) is 0 Å². The van der Waals surface area contributed by atoms with Gasteiger partial charge in [-0.15, -0.1) is 0 Å². The van der Waals surface area contributed by atoms with Crippen molar-refractivity contribution < 1.29 is 8.42 Å². The number of fused-ring (bicyclic) bond motifs is 1. The van der Waals surface area contributed by atoms with Gasteiger partial charge in [-0.1, -0.05) is 19.9 Å². The molecule has 0 bridgehead atoms. The molecule has 2 rings (SSSR count). The zero-order chi connectivity index (χ0) is 14.8. The molecular formula is C15H24N2O2S. The molecule has 1 atom stereocenters. The van der Waals surface area contributed by atoms with Crippen molar-refractivity contribution in [2.24, 2.45) is 0 Å². The molecule has 0 saturated carbocycles. The third kappa shape index (κ3) is 2.69. The van der Waals surface area contributed by atoms with Crippen molar-refractivity contribution in [3.05, 3.63) is 23.8 Å². The second kappa shape index (κ2) is 6.14. The van der Waals surface area contributed by atoms with Crippen LogP contribution >= 0.6 is 0 Å². The maximum Gasteiger partial charge on any atom is 0.243 e. The summed E-state index contributed by atoms with van der Waals surface area (Å²) in [5.74, 6) is 0. The lowest BCUT2D eigenvalue weighted by molar-refractivity contribution is 0.342. The first kappa shape index (κ1) is 15.3. The Morgan fingerprint density at radius 1 is 1.35 bits per heavy atom. The summed E-state index contributed by atoms with van der Waals surface area (Å²) in [4.78, 5) is 0.476. The number of rotatable bonds is 5. The van der Waals surface area contributed by atoms with E-state index in [0.717, 1.165) is 37.1 Å². The standard InChI is InChI=1S/C15H24N2O2S/c1-4-12(3)17(5-2)20(18,19)15-10-6-9-14-13(15)8-7-11-16-14/h6,9-10,12,16H,4-5,7-8,11H2,1-3H3. The predicted molar refractivity (Wildman–Crippen MR) is 82.6 cm³/mol. The number of anilines is 1. The first-order valence-corrected chi connectivity index (χ1v) is 8.84. The fourth-order valence-corrected chi connectivity index (χ4v) is 4.76. The van der Waals surface area contributed by atoms with E-state index in [1.807, 2.05) is 32.9 Å². The molecule has 0 spiro atoms. The van der Waals surface area contributed by atoms with Gasteiger partial charge in [-0.3, -0.25) is 0 Å². The lowest BCUT2D eigenvalue weighted by Crippen LogP contribution is -2.38. The van der Waals surface area contributed by atoms with Gasteiger partial charge in [0.05, 0.1) is 4.90 Å². The monoisotopic (exact) mass is 296 g/mol. The van der Waals surface area contributed by atoms with Gasteiger partial charge in [-0.05, 0) is 43.9 Å². The maximum atomic E-state index is 12.9. The Kier molecular flexibility index (Phi) is 4.70. The van der Waals surface area contributed by atoms with Gasteiger partial charge in [0.15, 0.2) is 0 Å². The van der Waals surface area contributed by atoms with Crippen LogP contribution in [0.15, 0.2) is 23.1 Å². The molecule has 0 aromatic heterocycles. The van der Waals surface area contributed by atoms with E-state index in [-0.39, 0.29) is 6.04 Å². The summed E-state index contributed by atoms with van der Waals surface area (Å²) in [6.45, 7) is 7.31. The van der Waals surface area contributed by atoms with Gasteiger partial charge in [0.25, 0.3) is 0 Å². The summed E-state index contributed by atoms with van der Waals surface area (Å²) in [5.41, 5.74) is 1.91. The van der Waals surface area contributed by atoms with Gasteiger partial charge in [0.2, 0.25) is 10.0 Å². The number of hydrogen-bond acceptors (Lipinski definition) is 3. The molecule has 0 fully saturated rings. The van der Waals surface area contributed by atoms with Crippen LogP contribution in [-0.4, -0.2) is 31.9 Å². The van der Waals surface area contributed by atoms with Gasteiger partial charge in [-0.25, -0.2) is 8.42 Å². The second-order valence-corrected chi connectivity index (χ2v) is 7.14. The molecule has 20 heavy (non-hydrogen) atoms. The normalized spacial score (nSPS) is 16.6.